The number of aromatic nitrogens is 1. The molecule has 11 heteroatoms. The van der Waals surface area contributed by atoms with Crippen LogP contribution < -0.4 is 31.2 Å². The van der Waals surface area contributed by atoms with Crippen molar-refractivity contribution in [3.8, 4) is 11.5 Å². The SMILES string of the molecule is COc1ccc(N(CC(=O)NC2CCCC2)C(=O)c2snc(C(N)=O)c2N)c(OC)c1. The molecule has 0 unspecified atom stereocenters. The summed E-state index contributed by atoms with van der Waals surface area (Å²) in [5.41, 5.74) is 11.3. The normalized spacial score (nSPS) is 13.6. The molecule has 166 valence electrons. The summed E-state index contributed by atoms with van der Waals surface area (Å²) < 4.78 is 14.5. The molecule has 3 rings (SSSR count). The first kappa shape index (κ1) is 22.3. The Labute approximate surface area is 183 Å². The molecule has 1 fully saturated rings. The zero-order chi connectivity index (χ0) is 22.5. The molecule has 3 amide bonds. The molecule has 10 nitrogen and oxygen atoms in total. The van der Waals surface area contributed by atoms with E-state index in [9.17, 15) is 14.4 Å². The minimum absolute atomic E-state index is 0.0142. The summed E-state index contributed by atoms with van der Waals surface area (Å²) in [6.07, 6.45) is 3.95. The third kappa shape index (κ3) is 4.88. The van der Waals surface area contributed by atoms with Crippen LogP contribution in [0, 0.1) is 0 Å². The van der Waals surface area contributed by atoms with Gasteiger partial charge in [-0.2, -0.15) is 4.37 Å². The van der Waals surface area contributed by atoms with Crippen LogP contribution in [0.15, 0.2) is 18.2 Å². The van der Waals surface area contributed by atoms with Crippen LogP contribution in [0.3, 0.4) is 0 Å². The molecule has 0 spiro atoms. The Balaban J connectivity index is 1.96. The highest BCUT2D eigenvalue weighted by atomic mass is 32.1. The van der Waals surface area contributed by atoms with Gasteiger partial charge >= 0.3 is 0 Å². The standard InChI is InChI=1S/C20H25N5O5S/c1-29-12-7-8-13(14(9-12)30-2)25(10-15(26)23-11-5-3-4-6-11)20(28)18-16(21)17(19(22)27)24-31-18/h7-9,11H,3-6,10,21H2,1-2H3,(H2,22,27)(H,23,26). The minimum atomic E-state index is -0.833. The highest BCUT2D eigenvalue weighted by molar-refractivity contribution is 7.09. The molecule has 1 aromatic carbocycles. The topological polar surface area (TPSA) is 150 Å². The van der Waals surface area contributed by atoms with Gasteiger partial charge in [0.25, 0.3) is 11.8 Å². The van der Waals surface area contributed by atoms with Crippen molar-refractivity contribution in [1.29, 1.82) is 0 Å². The zero-order valence-electron chi connectivity index (χ0n) is 17.3. The van der Waals surface area contributed by atoms with Crippen molar-refractivity contribution in [1.82, 2.24) is 9.69 Å². The van der Waals surface area contributed by atoms with Gasteiger partial charge in [0.05, 0.1) is 25.6 Å². The van der Waals surface area contributed by atoms with Crippen molar-refractivity contribution in [2.24, 2.45) is 5.73 Å². The maximum atomic E-state index is 13.4. The van der Waals surface area contributed by atoms with E-state index in [1.165, 1.54) is 19.1 Å². The Bertz CT molecular complexity index is 986. The number of hydrogen-bond donors (Lipinski definition) is 3. The summed E-state index contributed by atoms with van der Waals surface area (Å²) in [7, 11) is 2.96. The average Bonchev–Trinajstić information content (AvgIpc) is 3.40. The van der Waals surface area contributed by atoms with Gasteiger partial charge in [0, 0.05) is 12.1 Å². The lowest BCUT2D eigenvalue weighted by molar-refractivity contribution is -0.120. The third-order valence-corrected chi connectivity index (χ3v) is 5.95. The number of nitrogens with two attached hydrogens (primary N) is 2. The fourth-order valence-corrected chi connectivity index (χ4v) is 4.27. The van der Waals surface area contributed by atoms with Gasteiger partial charge in [-0.1, -0.05) is 12.8 Å². The molecule has 5 N–H and O–H groups in total. The number of hydrogen-bond acceptors (Lipinski definition) is 8. The number of primary amides is 1. The lowest BCUT2D eigenvalue weighted by Crippen LogP contribution is -2.43. The average molecular weight is 448 g/mol. The lowest BCUT2D eigenvalue weighted by Gasteiger charge is -2.25. The van der Waals surface area contributed by atoms with Crippen molar-refractivity contribution < 1.29 is 23.9 Å². The van der Waals surface area contributed by atoms with E-state index in [4.69, 9.17) is 20.9 Å². The van der Waals surface area contributed by atoms with E-state index in [1.807, 2.05) is 0 Å². The molecule has 1 heterocycles. The molecule has 1 saturated carbocycles. The van der Waals surface area contributed by atoms with Gasteiger partial charge in [-0.25, -0.2) is 0 Å². The van der Waals surface area contributed by atoms with Crippen molar-refractivity contribution in [2.75, 3.05) is 31.4 Å². The fourth-order valence-electron chi connectivity index (χ4n) is 3.51. The van der Waals surface area contributed by atoms with Crippen molar-refractivity contribution >= 4 is 40.6 Å². The molecule has 1 aliphatic rings. The van der Waals surface area contributed by atoms with Crippen LogP contribution in [-0.2, 0) is 4.79 Å². The van der Waals surface area contributed by atoms with Gasteiger partial charge < -0.3 is 26.3 Å². The van der Waals surface area contributed by atoms with E-state index in [0.29, 0.717) is 17.2 Å². The molecule has 0 aliphatic heterocycles. The summed E-state index contributed by atoms with van der Waals surface area (Å²) >= 11 is 0.752. The van der Waals surface area contributed by atoms with Crippen LogP contribution in [0.4, 0.5) is 11.4 Å². The number of nitrogens with zero attached hydrogens (tertiary/aromatic N) is 2. The first-order valence-corrected chi connectivity index (χ1v) is 10.5. The molecular weight excluding hydrogens is 422 g/mol. The summed E-state index contributed by atoms with van der Waals surface area (Å²) in [6, 6.07) is 4.97. The lowest BCUT2D eigenvalue weighted by atomic mass is 10.2. The first-order chi connectivity index (χ1) is 14.8. The van der Waals surface area contributed by atoms with Gasteiger partial charge in [0.2, 0.25) is 5.91 Å². The van der Waals surface area contributed by atoms with Crippen LogP contribution in [0.1, 0.15) is 45.8 Å². The first-order valence-electron chi connectivity index (χ1n) is 9.73. The Morgan fingerprint density at radius 2 is 1.94 bits per heavy atom. The van der Waals surface area contributed by atoms with Crippen LogP contribution in [0.2, 0.25) is 0 Å². The summed E-state index contributed by atoms with van der Waals surface area (Å²) in [4.78, 5) is 38.9. The van der Waals surface area contributed by atoms with E-state index < -0.39 is 11.8 Å². The number of anilines is 2. The minimum Gasteiger partial charge on any atom is -0.497 e. The molecule has 0 radical (unpaired) electrons. The van der Waals surface area contributed by atoms with Gasteiger partial charge in [-0.15, -0.1) is 0 Å². The summed E-state index contributed by atoms with van der Waals surface area (Å²) in [5.74, 6) is -0.875. The monoisotopic (exact) mass is 447 g/mol. The Kier molecular flexibility index (Phi) is 6.95. The second-order valence-electron chi connectivity index (χ2n) is 7.12. The van der Waals surface area contributed by atoms with Crippen molar-refractivity contribution in [3.63, 3.8) is 0 Å². The van der Waals surface area contributed by atoms with Crippen LogP contribution in [0.25, 0.3) is 0 Å². The predicted octanol–water partition coefficient (Wildman–Crippen LogP) is 1.55. The quantitative estimate of drug-likeness (QED) is 0.555. The van der Waals surface area contributed by atoms with Crippen LogP contribution in [-0.4, -0.2) is 48.9 Å². The second-order valence-corrected chi connectivity index (χ2v) is 7.89. The van der Waals surface area contributed by atoms with E-state index in [1.54, 1.807) is 18.2 Å². The van der Waals surface area contributed by atoms with E-state index in [0.717, 1.165) is 37.2 Å². The fraction of sp³-hybridized carbons (Fsp3) is 0.400. The van der Waals surface area contributed by atoms with Crippen LogP contribution >= 0.6 is 11.5 Å². The van der Waals surface area contributed by atoms with Gasteiger partial charge in [0.15, 0.2) is 5.69 Å². The smallest absolute Gasteiger partial charge is 0.272 e. The van der Waals surface area contributed by atoms with E-state index in [-0.39, 0.29) is 34.8 Å². The number of methoxy groups -OCH3 is 2. The zero-order valence-corrected chi connectivity index (χ0v) is 18.2. The van der Waals surface area contributed by atoms with Crippen molar-refractivity contribution in [2.45, 2.75) is 31.7 Å². The number of ether oxygens (including phenoxy) is 2. The molecule has 31 heavy (non-hydrogen) atoms. The maximum Gasteiger partial charge on any atom is 0.272 e. The highest BCUT2D eigenvalue weighted by Crippen LogP contribution is 2.34. The number of benzene rings is 1. The maximum absolute atomic E-state index is 13.4. The molecule has 0 atom stereocenters. The molecule has 2 aromatic rings. The number of carbonyl (C=O) groups excluding carboxylic acids is 3. The Morgan fingerprint density at radius 1 is 1.23 bits per heavy atom. The summed E-state index contributed by atoms with van der Waals surface area (Å²) in [6.45, 7) is -0.263. The molecule has 0 bridgehead atoms. The van der Waals surface area contributed by atoms with E-state index >= 15 is 0 Å². The molecular formula is C20H25N5O5S. The number of nitrogen functional groups attached to an aromatic ring is 1. The Hall–Kier alpha value is -3.34. The predicted molar refractivity (Wildman–Crippen MR) is 117 cm³/mol. The molecule has 0 saturated heterocycles. The number of carbonyl (C=O) groups is 3. The Morgan fingerprint density at radius 3 is 2.52 bits per heavy atom. The number of amides is 3. The van der Waals surface area contributed by atoms with E-state index in [2.05, 4.69) is 9.69 Å². The van der Waals surface area contributed by atoms with Crippen LogP contribution in [0.5, 0.6) is 11.5 Å². The number of nitrogens with one attached hydrogen (secondary N) is 1. The highest BCUT2D eigenvalue weighted by Gasteiger charge is 2.30. The molecule has 1 aromatic heterocycles. The van der Waals surface area contributed by atoms with Gasteiger partial charge in [-0.05, 0) is 36.5 Å². The molecule has 1 aliphatic carbocycles. The third-order valence-electron chi connectivity index (χ3n) is 5.10. The summed E-state index contributed by atoms with van der Waals surface area (Å²) in [5, 5.41) is 2.97. The van der Waals surface area contributed by atoms with Gasteiger partial charge in [0.1, 0.15) is 22.9 Å². The second kappa shape index (κ2) is 9.65. The van der Waals surface area contributed by atoms with Gasteiger partial charge in [-0.3, -0.25) is 19.3 Å². The largest absolute Gasteiger partial charge is 0.497 e. The van der Waals surface area contributed by atoms with Crippen molar-refractivity contribution in [3.05, 3.63) is 28.8 Å². The number of rotatable bonds is 8.